The maximum atomic E-state index is 11.2. The molecule has 1 unspecified atom stereocenters. The van der Waals surface area contributed by atoms with E-state index < -0.39 is 9.84 Å². The minimum Gasteiger partial charge on any atom is -0.330 e. The first-order valence-corrected chi connectivity index (χ1v) is 6.82. The second-order valence-corrected chi connectivity index (χ2v) is 5.58. The summed E-state index contributed by atoms with van der Waals surface area (Å²) < 4.78 is 24.2. The Morgan fingerprint density at radius 3 is 2.67 bits per heavy atom. The van der Waals surface area contributed by atoms with Gasteiger partial charge in [0.15, 0.2) is 9.84 Å². The third kappa shape index (κ3) is 3.04. The Morgan fingerprint density at radius 2 is 2.27 bits per heavy atom. The highest BCUT2D eigenvalue weighted by Gasteiger charge is 2.14. The van der Waals surface area contributed by atoms with Crippen LogP contribution in [0.15, 0.2) is 17.3 Å². The summed E-state index contributed by atoms with van der Waals surface area (Å²) >= 11 is 0. The molecule has 0 radical (unpaired) electrons. The maximum Gasteiger partial charge on any atom is 0.178 e. The van der Waals surface area contributed by atoms with Gasteiger partial charge in [0.05, 0.1) is 12.2 Å². The topological polar surface area (TPSA) is 78.0 Å². The molecule has 0 spiro atoms. The molecule has 1 heterocycles. The summed E-state index contributed by atoms with van der Waals surface area (Å²) in [6, 6.07) is 0.186. The largest absolute Gasteiger partial charge is 0.330 e. The number of nitrogens with two attached hydrogens (primary N) is 1. The average molecular weight is 231 g/mol. The zero-order chi connectivity index (χ0) is 11.5. The molecule has 1 atom stereocenters. The van der Waals surface area contributed by atoms with Crippen LogP contribution in [0.2, 0.25) is 0 Å². The van der Waals surface area contributed by atoms with Crippen molar-refractivity contribution >= 4 is 9.84 Å². The molecule has 6 heteroatoms. The summed E-state index contributed by atoms with van der Waals surface area (Å²) in [4.78, 5) is 0.262. The summed E-state index contributed by atoms with van der Waals surface area (Å²) in [5.74, 6) is 0. The predicted octanol–water partition coefficient (Wildman–Crippen LogP) is 0.587. The van der Waals surface area contributed by atoms with E-state index in [2.05, 4.69) is 5.10 Å². The number of sulfone groups is 1. The first kappa shape index (κ1) is 12.2. The fourth-order valence-electron chi connectivity index (χ4n) is 1.43. The molecule has 0 amide bonds. The van der Waals surface area contributed by atoms with Crippen molar-refractivity contribution in [3.05, 3.63) is 12.4 Å². The third-order valence-electron chi connectivity index (χ3n) is 2.35. The van der Waals surface area contributed by atoms with E-state index in [4.69, 9.17) is 5.73 Å². The van der Waals surface area contributed by atoms with E-state index in [0.717, 1.165) is 12.8 Å². The van der Waals surface area contributed by atoms with Gasteiger partial charge in [-0.2, -0.15) is 5.10 Å². The number of hydrogen-bond acceptors (Lipinski definition) is 4. The third-order valence-corrected chi connectivity index (χ3v) is 3.42. The zero-order valence-electron chi connectivity index (χ0n) is 9.05. The lowest BCUT2D eigenvalue weighted by molar-refractivity contribution is 0.417. The molecule has 0 fully saturated rings. The number of nitrogens with zero attached hydrogens (tertiary/aromatic N) is 2. The summed E-state index contributed by atoms with van der Waals surface area (Å²) in [7, 11) is -3.15. The van der Waals surface area contributed by atoms with Crippen LogP contribution in [0.4, 0.5) is 0 Å². The van der Waals surface area contributed by atoms with E-state index in [1.165, 1.54) is 12.5 Å². The van der Waals surface area contributed by atoms with Crippen molar-refractivity contribution in [1.29, 1.82) is 0 Å². The van der Waals surface area contributed by atoms with Gasteiger partial charge in [-0.15, -0.1) is 0 Å². The van der Waals surface area contributed by atoms with Crippen molar-refractivity contribution in [2.75, 3.05) is 12.8 Å². The smallest absolute Gasteiger partial charge is 0.178 e. The molecule has 1 aromatic heterocycles. The van der Waals surface area contributed by atoms with Gasteiger partial charge in [0.2, 0.25) is 0 Å². The summed E-state index contributed by atoms with van der Waals surface area (Å²) in [6.45, 7) is 2.61. The molecule has 1 rings (SSSR count). The van der Waals surface area contributed by atoms with E-state index in [9.17, 15) is 8.42 Å². The van der Waals surface area contributed by atoms with Crippen LogP contribution in [0.3, 0.4) is 0 Å². The van der Waals surface area contributed by atoms with Crippen molar-refractivity contribution in [3.8, 4) is 0 Å². The normalized spacial score (nSPS) is 14.1. The minimum atomic E-state index is -3.15. The van der Waals surface area contributed by atoms with Crippen LogP contribution in [0.25, 0.3) is 0 Å². The van der Waals surface area contributed by atoms with Crippen LogP contribution in [0.5, 0.6) is 0 Å². The molecule has 2 N–H and O–H groups in total. The van der Waals surface area contributed by atoms with Gasteiger partial charge in [-0.25, -0.2) is 8.42 Å². The van der Waals surface area contributed by atoms with Gasteiger partial charge >= 0.3 is 0 Å². The molecule has 5 nitrogen and oxygen atoms in total. The molecule has 15 heavy (non-hydrogen) atoms. The Morgan fingerprint density at radius 1 is 1.60 bits per heavy atom. The first-order valence-electron chi connectivity index (χ1n) is 4.93. The van der Waals surface area contributed by atoms with Gasteiger partial charge in [-0.1, -0.05) is 6.92 Å². The van der Waals surface area contributed by atoms with E-state index in [1.54, 1.807) is 10.9 Å². The number of rotatable bonds is 5. The molecule has 0 saturated heterocycles. The summed E-state index contributed by atoms with van der Waals surface area (Å²) in [5, 5.41) is 4.05. The molecule has 0 aliphatic rings. The van der Waals surface area contributed by atoms with Gasteiger partial charge in [0, 0.05) is 12.5 Å². The lowest BCUT2D eigenvalue weighted by Gasteiger charge is -2.13. The fourth-order valence-corrected chi connectivity index (χ4v) is 1.97. The highest BCUT2D eigenvalue weighted by atomic mass is 32.2. The molecule has 0 saturated carbocycles. The number of hydrogen-bond donors (Lipinski definition) is 1. The van der Waals surface area contributed by atoms with Gasteiger partial charge in [0.25, 0.3) is 0 Å². The predicted molar refractivity (Wildman–Crippen MR) is 58.3 cm³/mol. The van der Waals surface area contributed by atoms with Gasteiger partial charge < -0.3 is 5.73 Å². The lowest BCUT2D eigenvalue weighted by Crippen LogP contribution is -2.13. The standard InChI is InChI=1S/C9H17N3O2S/c1-3-8(4-5-10)12-7-9(6-11-12)15(2,13)14/h6-8H,3-5,10H2,1-2H3. The van der Waals surface area contributed by atoms with Crippen LogP contribution in [-0.2, 0) is 9.84 Å². The summed E-state index contributed by atoms with van der Waals surface area (Å²) in [6.07, 6.45) is 5.83. The van der Waals surface area contributed by atoms with Crippen molar-refractivity contribution in [1.82, 2.24) is 9.78 Å². The van der Waals surface area contributed by atoms with Crippen molar-refractivity contribution in [2.24, 2.45) is 5.73 Å². The van der Waals surface area contributed by atoms with Crippen LogP contribution < -0.4 is 5.73 Å². The van der Waals surface area contributed by atoms with Gasteiger partial charge in [-0.05, 0) is 19.4 Å². The molecule has 0 aliphatic carbocycles. The highest BCUT2D eigenvalue weighted by molar-refractivity contribution is 7.90. The first-order chi connectivity index (χ1) is 6.99. The fraction of sp³-hybridized carbons (Fsp3) is 0.667. The van der Waals surface area contributed by atoms with Crippen molar-refractivity contribution in [3.63, 3.8) is 0 Å². The molecule has 0 bridgehead atoms. The minimum absolute atomic E-state index is 0.186. The van der Waals surface area contributed by atoms with Crippen LogP contribution >= 0.6 is 0 Å². The zero-order valence-corrected chi connectivity index (χ0v) is 9.87. The van der Waals surface area contributed by atoms with Gasteiger partial charge in [-0.3, -0.25) is 4.68 Å². The van der Waals surface area contributed by atoms with Crippen LogP contribution in [0, 0.1) is 0 Å². The molecule has 0 aliphatic heterocycles. The second kappa shape index (κ2) is 4.76. The summed E-state index contributed by atoms with van der Waals surface area (Å²) in [5.41, 5.74) is 5.48. The highest BCUT2D eigenvalue weighted by Crippen LogP contribution is 2.16. The Kier molecular flexibility index (Phi) is 3.87. The SMILES string of the molecule is CCC(CCN)n1cc(S(C)(=O)=O)cn1. The Hall–Kier alpha value is -0.880. The monoisotopic (exact) mass is 231 g/mol. The van der Waals surface area contributed by atoms with Gasteiger partial charge in [0.1, 0.15) is 4.90 Å². The Bertz CT molecular complexity index is 411. The molecule has 86 valence electrons. The maximum absolute atomic E-state index is 11.2. The Balaban J connectivity index is 2.92. The van der Waals surface area contributed by atoms with E-state index in [0.29, 0.717) is 6.54 Å². The van der Waals surface area contributed by atoms with Crippen molar-refractivity contribution < 1.29 is 8.42 Å². The quantitative estimate of drug-likeness (QED) is 0.804. The second-order valence-electron chi connectivity index (χ2n) is 3.57. The van der Waals surface area contributed by atoms with E-state index in [-0.39, 0.29) is 10.9 Å². The molecular formula is C9H17N3O2S. The van der Waals surface area contributed by atoms with E-state index in [1.807, 2.05) is 6.92 Å². The molecule has 1 aromatic rings. The van der Waals surface area contributed by atoms with Crippen LogP contribution in [-0.4, -0.2) is 31.0 Å². The van der Waals surface area contributed by atoms with Crippen LogP contribution in [0.1, 0.15) is 25.8 Å². The molecular weight excluding hydrogens is 214 g/mol. The molecule has 0 aromatic carbocycles. The average Bonchev–Trinajstić information content (AvgIpc) is 2.62. The Labute approximate surface area is 90.2 Å². The van der Waals surface area contributed by atoms with E-state index >= 15 is 0 Å². The lowest BCUT2D eigenvalue weighted by atomic mass is 10.1. The van der Waals surface area contributed by atoms with Crippen molar-refractivity contribution in [2.45, 2.75) is 30.7 Å². The number of aromatic nitrogens is 2.